The number of carbonyl (C=O) groups excluding carboxylic acids is 1. The van der Waals surface area contributed by atoms with Gasteiger partial charge in [-0.3, -0.25) is 15.1 Å². The molecule has 2 N–H and O–H groups in total. The summed E-state index contributed by atoms with van der Waals surface area (Å²) in [4.78, 5) is 16.4. The van der Waals surface area contributed by atoms with Crippen LogP contribution in [0, 0.1) is 0 Å². The second kappa shape index (κ2) is 11.0. The van der Waals surface area contributed by atoms with Crippen molar-refractivity contribution in [3.8, 4) is 16.2 Å². The molecule has 0 saturated carbocycles. The van der Waals surface area contributed by atoms with Crippen molar-refractivity contribution >= 4 is 56.3 Å². The highest BCUT2D eigenvalue weighted by atomic mass is 79.9. The van der Waals surface area contributed by atoms with Gasteiger partial charge >= 0.3 is 5.97 Å². The smallest absolute Gasteiger partial charge is 0.306 e. The van der Waals surface area contributed by atoms with Crippen LogP contribution in [0.3, 0.4) is 0 Å². The van der Waals surface area contributed by atoms with Crippen LogP contribution in [-0.2, 0) is 9.53 Å². The molecule has 0 aliphatic carbocycles. The predicted molar refractivity (Wildman–Crippen MR) is 132 cm³/mol. The van der Waals surface area contributed by atoms with E-state index in [4.69, 9.17) is 17.0 Å². The van der Waals surface area contributed by atoms with Gasteiger partial charge < -0.3 is 14.7 Å². The molecule has 0 bridgehead atoms. The van der Waals surface area contributed by atoms with Crippen LogP contribution in [0.15, 0.2) is 39.2 Å². The number of rotatable bonds is 6. The molecule has 7 nitrogen and oxygen atoms in total. The highest BCUT2D eigenvalue weighted by Gasteiger charge is 2.20. The molecule has 1 fully saturated rings. The fraction of sp³-hybridized carbons (Fsp3) is 0.381. The predicted octanol–water partition coefficient (Wildman–Crippen LogP) is 3.66. The minimum atomic E-state index is -0.190. The van der Waals surface area contributed by atoms with Crippen molar-refractivity contribution in [2.24, 2.45) is 5.10 Å². The van der Waals surface area contributed by atoms with Gasteiger partial charge in [-0.25, -0.2) is 0 Å². The van der Waals surface area contributed by atoms with Crippen molar-refractivity contribution in [3.63, 3.8) is 0 Å². The molecule has 166 valence electrons. The lowest BCUT2D eigenvalue weighted by Gasteiger charge is -2.35. The Kier molecular flexibility index (Phi) is 8.42. The van der Waals surface area contributed by atoms with Crippen LogP contribution in [0.4, 0.5) is 0 Å². The number of thiocarbonyl (C=S) groups is 1. The second-order valence-corrected chi connectivity index (χ2v) is 9.29. The molecular formula is C21H25BrN4O3S2. The van der Waals surface area contributed by atoms with Gasteiger partial charge in [-0.15, -0.1) is 11.3 Å². The summed E-state index contributed by atoms with van der Waals surface area (Å²) in [5.41, 5.74) is 5.25. The van der Waals surface area contributed by atoms with Crippen molar-refractivity contribution in [2.75, 3.05) is 39.8 Å². The lowest BCUT2D eigenvalue weighted by atomic mass is 10.1. The van der Waals surface area contributed by atoms with Crippen molar-refractivity contribution in [3.05, 3.63) is 39.7 Å². The normalized spacial score (nSPS) is 15.1. The number of aromatic hydroxyl groups is 1. The number of carbonyl (C=O) groups is 1. The van der Waals surface area contributed by atoms with E-state index < -0.39 is 0 Å². The van der Waals surface area contributed by atoms with Gasteiger partial charge in [-0.2, -0.15) is 5.10 Å². The SMILES string of the molecule is COC(=O)CCN1CCN(C(=S)N/N=C(/C)c2csc(-c3ccc(Br)cc3)c2O)CC1. The van der Waals surface area contributed by atoms with Crippen LogP contribution in [-0.4, -0.2) is 71.5 Å². The molecular weight excluding hydrogens is 500 g/mol. The summed E-state index contributed by atoms with van der Waals surface area (Å²) < 4.78 is 5.68. The number of nitrogens with zero attached hydrogens (tertiary/aromatic N) is 3. The zero-order chi connectivity index (χ0) is 22.4. The number of benzene rings is 1. The zero-order valence-corrected chi connectivity index (χ0v) is 20.6. The molecule has 1 aliphatic rings. The van der Waals surface area contributed by atoms with Crippen LogP contribution in [0.5, 0.6) is 5.75 Å². The van der Waals surface area contributed by atoms with Gasteiger partial charge in [0, 0.05) is 42.6 Å². The zero-order valence-electron chi connectivity index (χ0n) is 17.4. The van der Waals surface area contributed by atoms with Crippen LogP contribution in [0.2, 0.25) is 0 Å². The third kappa shape index (κ3) is 6.25. The summed E-state index contributed by atoms with van der Waals surface area (Å²) in [6.07, 6.45) is 0.398. The molecule has 0 unspecified atom stereocenters. The quantitative estimate of drug-likeness (QED) is 0.258. The molecule has 2 aromatic rings. The summed E-state index contributed by atoms with van der Waals surface area (Å²) in [6, 6.07) is 7.82. The van der Waals surface area contributed by atoms with Crippen molar-refractivity contribution in [1.29, 1.82) is 0 Å². The molecule has 0 amide bonds. The average Bonchev–Trinajstić information content (AvgIpc) is 3.17. The number of hydrogen-bond acceptors (Lipinski definition) is 7. The molecule has 1 aromatic carbocycles. The molecule has 1 aliphatic heterocycles. The Bertz CT molecular complexity index is 954. The number of thiophene rings is 1. The molecule has 0 atom stereocenters. The Morgan fingerprint density at radius 2 is 1.97 bits per heavy atom. The number of hydrazone groups is 1. The van der Waals surface area contributed by atoms with E-state index in [-0.39, 0.29) is 11.7 Å². The van der Waals surface area contributed by atoms with Crippen LogP contribution >= 0.6 is 39.5 Å². The Morgan fingerprint density at radius 3 is 2.61 bits per heavy atom. The molecule has 0 spiro atoms. The molecule has 0 radical (unpaired) electrons. The van der Waals surface area contributed by atoms with E-state index in [1.165, 1.54) is 18.4 Å². The molecule has 1 aromatic heterocycles. The Labute approximate surface area is 199 Å². The summed E-state index contributed by atoms with van der Waals surface area (Å²) in [6.45, 7) is 5.70. The third-order valence-corrected chi connectivity index (χ3v) is 7.00. The van der Waals surface area contributed by atoms with E-state index in [0.717, 1.165) is 41.1 Å². The number of methoxy groups -OCH3 is 1. The average molecular weight is 525 g/mol. The highest BCUT2D eigenvalue weighted by molar-refractivity contribution is 9.10. The molecule has 3 rings (SSSR count). The van der Waals surface area contributed by atoms with Gasteiger partial charge in [0.15, 0.2) is 5.11 Å². The summed E-state index contributed by atoms with van der Waals surface area (Å²) >= 11 is 10.4. The number of ether oxygens (including phenoxy) is 1. The topological polar surface area (TPSA) is 77.4 Å². The fourth-order valence-corrected chi connectivity index (χ4v) is 4.71. The first-order valence-electron chi connectivity index (χ1n) is 9.84. The van der Waals surface area contributed by atoms with Crippen molar-refractivity contribution in [1.82, 2.24) is 15.2 Å². The van der Waals surface area contributed by atoms with E-state index >= 15 is 0 Å². The first kappa shape index (κ1) is 23.6. The highest BCUT2D eigenvalue weighted by Crippen LogP contribution is 2.39. The molecule has 31 heavy (non-hydrogen) atoms. The molecule has 10 heteroatoms. The second-order valence-electron chi connectivity index (χ2n) is 7.10. The van der Waals surface area contributed by atoms with Gasteiger partial charge in [-0.05, 0) is 36.8 Å². The van der Waals surface area contributed by atoms with Gasteiger partial charge in [0.25, 0.3) is 0 Å². The van der Waals surface area contributed by atoms with E-state index in [0.29, 0.717) is 29.4 Å². The Balaban J connectivity index is 1.54. The van der Waals surface area contributed by atoms with E-state index in [2.05, 4.69) is 36.3 Å². The van der Waals surface area contributed by atoms with Crippen molar-refractivity contribution < 1.29 is 14.6 Å². The first-order valence-corrected chi connectivity index (χ1v) is 11.9. The standard InChI is InChI=1S/C21H25BrN4O3S2/c1-14(17-13-31-20(19(17)28)15-3-5-16(22)6-4-15)23-24-21(30)26-11-9-25(10-12-26)8-7-18(27)29-2/h3-6,13,28H,7-12H2,1-2H3,(H,24,30)/b23-14-. The van der Waals surface area contributed by atoms with E-state index in [9.17, 15) is 9.90 Å². The number of hydrogen-bond donors (Lipinski definition) is 2. The lowest BCUT2D eigenvalue weighted by Crippen LogP contribution is -2.51. The largest absolute Gasteiger partial charge is 0.506 e. The Morgan fingerprint density at radius 1 is 1.29 bits per heavy atom. The number of halogens is 1. The van der Waals surface area contributed by atoms with Crippen LogP contribution in [0.1, 0.15) is 18.9 Å². The van der Waals surface area contributed by atoms with Gasteiger partial charge in [0.1, 0.15) is 5.75 Å². The fourth-order valence-electron chi connectivity index (χ4n) is 3.20. The third-order valence-electron chi connectivity index (χ3n) is 5.10. The number of piperazine rings is 1. The monoisotopic (exact) mass is 524 g/mol. The van der Waals surface area contributed by atoms with Crippen LogP contribution in [0.25, 0.3) is 10.4 Å². The first-order chi connectivity index (χ1) is 14.9. The lowest BCUT2D eigenvalue weighted by molar-refractivity contribution is -0.141. The molecule has 1 saturated heterocycles. The minimum Gasteiger partial charge on any atom is -0.506 e. The van der Waals surface area contributed by atoms with Crippen LogP contribution < -0.4 is 5.43 Å². The summed E-state index contributed by atoms with van der Waals surface area (Å²) in [5.74, 6) is 0.0323. The van der Waals surface area contributed by atoms with E-state index in [1.807, 2.05) is 36.6 Å². The maximum atomic E-state index is 11.3. The summed E-state index contributed by atoms with van der Waals surface area (Å²) in [7, 11) is 1.41. The van der Waals surface area contributed by atoms with E-state index in [1.54, 1.807) is 0 Å². The molecule has 2 heterocycles. The summed E-state index contributed by atoms with van der Waals surface area (Å²) in [5, 5.41) is 17.5. The minimum absolute atomic E-state index is 0.190. The number of esters is 1. The maximum absolute atomic E-state index is 11.3. The maximum Gasteiger partial charge on any atom is 0.306 e. The number of nitrogens with one attached hydrogen (secondary N) is 1. The Hall–Kier alpha value is -2.01. The van der Waals surface area contributed by atoms with Gasteiger partial charge in [-0.1, -0.05) is 28.1 Å². The van der Waals surface area contributed by atoms with Crippen molar-refractivity contribution in [2.45, 2.75) is 13.3 Å². The van der Waals surface area contributed by atoms with Gasteiger partial charge in [0.2, 0.25) is 0 Å². The van der Waals surface area contributed by atoms with Gasteiger partial charge in [0.05, 0.1) is 29.7 Å².